The van der Waals surface area contributed by atoms with Crippen LogP contribution in [0, 0.1) is 0 Å². The summed E-state index contributed by atoms with van der Waals surface area (Å²) in [7, 11) is -3.80. The zero-order valence-corrected chi connectivity index (χ0v) is 13.2. The minimum absolute atomic E-state index is 0.151. The molecule has 3 rings (SSSR count). The van der Waals surface area contributed by atoms with Crippen molar-refractivity contribution in [1.82, 2.24) is 0 Å². The lowest BCUT2D eigenvalue weighted by molar-refractivity contribution is 0.486. The molecule has 3 aromatic rings. The molecule has 0 aliphatic carbocycles. The molecule has 23 heavy (non-hydrogen) atoms. The number of benzene rings is 3. The molecule has 0 atom stereocenters. The van der Waals surface area contributed by atoms with Crippen LogP contribution in [0.2, 0.25) is 0 Å². The van der Waals surface area contributed by atoms with Crippen molar-refractivity contribution in [1.29, 1.82) is 0 Å². The van der Waals surface area contributed by atoms with Crippen molar-refractivity contribution in [2.45, 2.75) is 11.3 Å². The van der Waals surface area contributed by atoms with Gasteiger partial charge in [0.1, 0.15) is 10.6 Å². The molecule has 116 valence electrons. The maximum absolute atomic E-state index is 12.2. The molecule has 0 aromatic heterocycles. The molecule has 3 aromatic carbocycles. The average molecular weight is 324 g/mol. The Morgan fingerprint density at radius 3 is 1.78 bits per heavy atom. The summed E-state index contributed by atoms with van der Waals surface area (Å²) in [6, 6.07) is 25.3. The third-order valence-electron chi connectivity index (χ3n) is 3.41. The Hall–Kier alpha value is -2.59. The van der Waals surface area contributed by atoms with Crippen LogP contribution in [0.3, 0.4) is 0 Å². The van der Waals surface area contributed by atoms with Gasteiger partial charge in [-0.2, -0.15) is 8.42 Å². The van der Waals surface area contributed by atoms with E-state index >= 15 is 0 Å². The third kappa shape index (κ3) is 3.99. The van der Waals surface area contributed by atoms with Crippen molar-refractivity contribution in [2.75, 3.05) is 0 Å². The molecule has 0 saturated carbocycles. The minimum Gasteiger partial charge on any atom is -0.379 e. The maximum Gasteiger partial charge on any atom is 0.339 e. The zero-order valence-electron chi connectivity index (χ0n) is 12.4. The Kier molecular flexibility index (Phi) is 4.44. The quantitative estimate of drug-likeness (QED) is 0.665. The second-order valence-corrected chi connectivity index (χ2v) is 6.70. The van der Waals surface area contributed by atoms with E-state index in [0.29, 0.717) is 5.75 Å². The molecule has 0 unspecified atom stereocenters. The van der Waals surface area contributed by atoms with Crippen LogP contribution in [0.5, 0.6) is 5.75 Å². The first-order chi connectivity index (χ1) is 11.1. The first-order valence-corrected chi connectivity index (χ1v) is 8.67. The second kappa shape index (κ2) is 6.67. The molecule has 0 fully saturated rings. The molecule has 0 bridgehead atoms. The molecule has 0 spiro atoms. The van der Waals surface area contributed by atoms with Gasteiger partial charge in [-0.25, -0.2) is 0 Å². The third-order valence-corrected chi connectivity index (χ3v) is 4.67. The van der Waals surface area contributed by atoms with Gasteiger partial charge in [0.2, 0.25) is 0 Å². The van der Waals surface area contributed by atoms with Crippen LogP contribution in [0.4, 0.5) is 0 Å². The molecule has 0 aliphatic rings. The number of hydrogen-bond donors (Lipinski definition) is 0. The van der Waals surface area contributed by atoms with E-state index in [0.717, 1.165) is 12.0 Å². The molecule has 0 heterocycles. The Balaban J connectivity index is 1.76. The molecule has 0 N–H and O–H groups in total. The second-order valence-electron chi connectivity index (χ2n) is 5.16. The van der Waals surface area contributed by atoms with Crippen molar-refractivity contribution < 1.29 is 12.6 Å². The SMILES string of the molecule is O=S(=O)(Oc1ccccc1)c1ccc(Cc2ccccc2)cc1. The van der Waals surface area contributed by atoms with Gasteiger partial charge in [-0.3, -0.25) is 0 Å². The Morgan fingerprint density at radius 1 is 0.652 bits per heavy atom. The van der Waals surface area contributed by atoms with E-state index in [1.807, 2.05) is 42.5 Å². The first-order valence-electron chi connectivity index (χ1n) is 7.26. The van der Waals surface area contributed by atoms with Crippen molar-refractivity contribution in [3.8, 4) is 5.75 Å². The average Bonchev–Trinajstić information content (AvgIpc) is 2.57. The first kappa shape index (κ1) is 15.3. The molecule has 0 amide bonds. The lowest BCUT2D eigenvalue weighted by Crippen LogP contribution is -2.09. The predicted molar refractivity (Wildman–Crippen MR) is 89.9 cm³/mol. The van der Waals surface area contributed by atoms with Gasteiger partial charge in [0.05, 0.1) is 0 Å². The molecular weight excluding hydrogens is 308 g/mol. The highest BCUT2D eigenvalue weighted by Gasteiger charge is 2.16. The lowest BCUT2D eigenvalue weighted by atomic mass is 10.1. The molecule has 0 radical (unpaired) electrons. The van der Waals surface area contributed by atoms with Gasteiger partial charge >= 0.3 is 10.1 Å². The topological polar surface area (TPSA) is 43.4 Å². The van der Waals surface area contributed by atoms with Gasteiger partial charge in [-0.15, -0.1) is 0 Å². The highest BCUT2D eigenvalue weighted by Crippen LogP contribution is 2.19. The summed E-state index contributed by atoms with van der Waals surface area (Å²) in [6.07, 6.45) is 0.765. The van der Waals surface area contributed by atoms with Crippen LogP contribution in [0.1, 0.15) is 11.1 Å². The molecular formula is C19H16O3S. The van der Waals surface area contributed by atoms with Crippen molar-refractivity contribution >= 4 is 10.1 Å². The standard InChI is InChI=1S/C19H16O3S/c20-23(21,22-18-9-5-2-6-10-18)19-13-11-17(12-14-19)15-16-7-3-1-4-8-16/h1-14H,15H2. The van der Waals surface area contributed by atoms with E-state index in [9.17, 15) is 8.42 Å². The zero-order chi connectivity index (χ0) is 16.1. The molecule has 3 nitrogen and oxygen atoms in total. The fourth-order valence-corrected chi connectivity index (χ4v) is 3.19. The van der Waals surface area contributed by atoms with Crippen molar-refractivity contribution in [3.63, 3.8) is 0 Å². The van der Waals surface area contributed by atoms with Gasteiger partial charge < -0.3 is 4.18 Å². The number of rotatable bonds is 5. The van der Waals surface area contributed by atoms with Gasteiger partial charge in [-0.05, 0) is 41.8 Å². The van der Waals surface area contributed by atoms with Gasteiger partial charge in [0, 0.05) is 0 Å². The van der Waals surface area contributed by atoms with Crippen LogP contribution in [0.25, 0.3) is 0 Å². The molecule has 0 saturated heterocycles. The molecule has 0 aliphatic heterocycles. The van der Waals surface area contributed by atoms with E-state index in [2.05, 4.69) is 0 Å². The van der Waals surface area contributed by atoms with Crippen LogP contribution < -0.4 is 4.18 Å². The fraction of sp³-hybridized carbons (Fsp3) is 0.0526. The summed E-state index contributed by atoms with van der Waals surface area (Å²) in [6.45, 7) is 0. The van der Waals surface area contributed by atoms with Gasteiger partial charge in [-0.1, -0.05) is 60.7 Å². The summed E-state index contributed by atoms with van der Waals surface area (Å²) < 4.78 is 29.6. The van der Waals surface area contributed by atoms with E-state index in [1.54, 1.807) is 42.5 Å². The Labute approximate surface area is 136 Å². The van der Waals surface area contributed by atoms with Gasteiger partial charge in [0.25, 0.3) is 0 Å². The fourth-order valence-electron chi connectivity index (χ4n) is 2.26. The highest BCUT2D eigenvalue weighted by atomic mass is 32.2. The Bertz CT molecular complexity index is 856. The summed E-state index contributed by atoms with van der Waals surface area (Å²) in [5, 5.41) is 0. The number of hydrogen-bond acceptors (Lipinski definition) is 3. The summed E-state index contributed by atoms with van der Waals surface area (Å²) in [5.41, 5.74) is 2.23. The van der Waals surface area contributed by atoms with Crippen LogP contribution in [0.15, 0.2) is 89.8 Å². The smallest absolute Gasteiger partial charge is 0.339 e. The summed E-state index contributed by atoms with van der Waals surface area (Å²) >= 11 is 0. The number of para-hydroxylation sites is 1. The van der Waals surface area contributed by atoms with Crippen LogP contribution in [-0.4, -0.2) is 8.42 Å². The predicted octanol–water partition coefficient (Wildman–Crippen LogP) is 4.05. The highest BCUT2D eigenvalue weighted by molar-refractivity contribution is 7.87. The van der Waals surface area contributed by atoms with E-state index in [-0.39, 0.29) is 4.90 Å². The maximum atomic E-state index is 12.2. The summed E-state index contributed by atoms with van der Waals surface area (Å²) in [5.74, 6) is 0.306. The van der Waals surface area contributed by atoms with Crippen molar-refractivity contribution in [3.05, 3.63) is 96.1 Å². The van der Waals surface area contributed by atoms with Gasteiger partial charge in [0.15, 0.2) is 0 Å². The largest absolute Gasteiger partial charge is 0.379 e. The van der Waals surface area contributed by atoms with E-state index in [4.69, 9.17) is 4.18 Å². The monoisotopic (exact) mass is 324 g/mol. The minimum atomic E-state index is -3.80. The molecule has 4 heteroatoms. The van der Waals surface area contributed by atoms with Crippen LogP contribution >= 0.6 is 0 Å². The summed E-state index contributed by atoms with van der Waals surface area (Å²) in [4.78, 5) is 0.151. The lowest BCUT2D eigenvalue weighted by Gasteiger charge is -2.08. The normalized spacial score (nSPS) is 11.1. The van der Waals surface area contributed by atoms with Crippen LogP contribution in [-0.2, 0) is 16.5 Å². The van der Waals surface area contributed by atoms with Crippen molar-refractivity contribution in [2.24, 2.45) is 0 Å². The Morgan fingerprint density at radius 2 is 1.17 bits per heavy atom. The van der Waals surface area contributed by atoms with E-state index in [1.165, 1.54) is 5.56 Å². The van der Waals surface area contributed by atoms with E-state index < -0.39 is 10.1 Å².